The smallest absolute Gasteiger partial charge is 0.356 e. The Hall–Kier alpha value is -1.86. The van der Waals surface area contributed by atoms with Gasteiger partial charge in [0.05, 0.1) is 7.11 Å². The summed E-state index contributed by atoms with van der Waals surface area (Å²) in [6.07, 6.45) is 1.21. The standard InChI is InChI=1S/C16H18N2O2/c1-11-6-12(7-14(17-11)15(19)20-3)4-5-16-8-13(16)9-18(2)10-16/h6-7,13H,8-10H2,1-3H3/t13-,16+/m1/s1. The van der Waals surface area contributed by atoms with E-state index in [0.717, 1.165) is 30.3 Å². The average molecular weight is 270 g/mol. The normalized spacial score (nSPS) is 27.4. The Kier molecular flexibility index (Phi) is 3.02. The number of methoxy groups -OCH3 is 1. The van der Waals surface area contributed by atoms with E-state index in [1.807, 2.05) is 13.0 Å². The number of hydrogen-bond acceptors (Lipinski definition) is 4. The van der Waals surface area contributed by atoms with E-state index in [0.29, 0.717) is 5.69 Å². The van der Waals surface area contributed by atoms with Gasteiger partial charge in [-0.25, -0.2) is 9.78 Å². The van der Waals surface area contributed by atoms with Crippen LogP contribution in [0.1, 0.15) is 28.2 Å². The molecule has 0 bridgehead atoms. The van der Waals surface area contributed by atoms with Gasteiger partial charge in [0.15, 0.2) is 0 Å². The van der Waals surface area contributed by atoms with Crippen LogP contribution in [-0.4, -0.2) is 43.1 Å². The minimum atomic E-state index is -0.417. The first-order valence-corrected chi connectivity index (χ1v) is 6.81. The molecule has 0 amide bonds. The van der Waals surface area contributed by atoms with E-state index in [1.165, 1.54) is 13.5 Å². The van der Waals surface area contributed by atoms with E-state index >= 15 is 0 Å². The first kappa shape index (κ1) is 13.1. The van der Waals surface area contributed by atoms with Gasteiger partial charge in [0.25, 0.3) is 0 Å². The van der Waals surface area contributed by atoms with Crippen LogP contribution in [0.25, 0.3) is 0 Å². The van der Waals surface area contributed by atoms with E-state index in [1.54, 1.807) is 6.07 Å². The van der Waals surface area contributed by atoms with Crippen LogP contribution in [0.5, 0.6) is 0 Å². The molecule has 2 aliphatic rings. The van der Waals surface area contributed by atoms with E-state index in [4.69, 9.17) is 4.74 Å². The molecule has 0 N–H and O–H groups in total. The molecule has 1 aliphatic heterocycles. The van der Waals surface area contributed by atoms with Gasteiger partial charge in [0, 0.05) is 29.8 Å². The van der Waals surface area contributed by atoms with Crippen LogP contribution in [0, 0.1) is 30.1 Å². The molecular formula is C16H18N2O2. The molecule has 0 unspecified atom stereocenters. The Morgan fingerprint density at radius 3 is 3.00 bits per heavy atom. The number of pyridine rings is 1. The molecule has 3 rings (SSSR count). The van der Waals surface area contributed by atoms with E-state index in [-0.39, 0.29) is 5.41 Å². The average Bonchev–Trinajstić information content (AvgIpc) is 2.97. The van der Waals surface area contributed by atoms with E-state index in [2.05, 4.69) is 28.8 Å². The molecule has 1 aromatic rings. The summed E-state index contributed by atoms with van der Waals surface area (Å²) in [5, 5.41) is 0. The molecule has 1 aromatic heterocycles. The Morgan fingerprint density at radius 1 is 1.55 bits per heavy atom. The summed E-state index contributed by atoms with van der Waals surface area (Å²) in [7, 11) is 3.50. The highest BCUT2D eigenvalue weighted by Gasteiger charge is 2.58. The van der Waals surface area contributed by atoms with Gasteiger partial charge in [-0.05, 0) is 38.4 Å². The highest BCUT2D eigenvalue weighted by atomic mass is 16.5. The molecule has 1 aliphatic carbocycles. The lowest BCUT2D eigenvalue weighted by molar-refractivity contribution is 0.0593. The van der Waals surface area contributed by atoms with E-state index < -0.39 is 5.97 Å². The van der Waals surface area contributed by atoms with Crippen LogP contribution >= 0.6 is 0 Å². The Morgan fingerprint density at radius 2 is 2.35 bits per heavy atom. The zero-order valence-electron chi connectivity index (χ0n) is 12.1. The van der Waals surface area contributed by atoms with Gasteiger partial charge in [0.1, 0.15) is 5.69 Å². The number of nitrogens with zero attached hydrogens (tertiary/aromatic N) is 2. The van der Waals surface area contributed by atoms with Crippen molar-refractivity contribution in [1.82, 2.24) is 9.88 Å². The third-order valence-corrected chi connectivity index (χ3v) is 4.12. The summed E-state index contributed by atoms with van der Waals surface area (Å²) < 4.78 is 4.71. The van der Waals surface area contributed by atoms with Crippen LogP contribution in [-0.2, 0) is 4.74 Å². The molecule has 2 fully saturated rings. The largest absolute Gasteiger partial charge is 0.464 e. The van der Waals surface area contributed by atoms with Gasteiger partial charge in [-0.1, -0.05) is 11.8 Å². The number of ether oxygens (including phenoxy) is 1. The predicted molar refractivity (Wildman–Crippen MR) is 75.2 cm³/mol. The molecule has 1 saturated heterocycles. The van der Waals surface area contributed by atoms with Crippen molar-refractivity contribution in [2.45, 2.75) is 13.3 Å². The highest BCUT2D eigenvalue weighted by Crippen LogP contribution is 2.56. The van der Waals surface area contributed by atoms with Gasteiger partial charge in [-0.2, -0.15) is 0 Å². The predicted octanol–water partition coefficient (Wildman–Crippen LogP) is 1.48. The van der Waals surface area contributed by atoms with Gasteiger partial charge in [-0.3, -0.25) is 0 Å². The fourth-order valence-corrected chi connectivity index (χ4v) is 3.08. The van der Waals surface area contributed by atoms with Gasteiger partial charge < -0.3 is 9.64 Å². The Balaban J connectivity index is 1.86. The number of rotatable bonds is 1. The zero-order chi connectivity index (χ0) is 14.3. The van der Waals surface area contributed by atoms with Crippen LogP contribution in [0.15, 0.2) is 12.1 Å². The Bertz CT molecular complexity index is 629. The highest BCUT2D eigenvalue weighted by molar-refractivity contribution is 5.87. The molecular weight excluding hydrogens is 252 g/mol. The summed E-state index contributed by atoms with van der Waals surface area (Å²) in [5.74, 6) is 6.95. The quantitative estimate of drug-likeness (QED) is 0.572. The fraction of sp³-hybridized carbons (Fsp3) is 0.500. The Labute approximate surface area is 119 Å². The zero-order valence-corrected chi connectivity index (χ0v) is 12.1. The molecule has 104 valence electrons. The summed E-state index contributed by atoms with van der Waals surface area (Å²) in [6.45, 7) is 4.06. The molecule has 4 nitrogen and oxygen atoms in total. The fourth-order valence-electron chi connectivity index (χ4n) is 3.08. The minimum Gasteiger partial charge on any atom is -0.464 e. The molecule has 0 aromatic carbocycles. The molecule has 0 radical (unpaired) electrons. The van der Waals surface area contributed by atoms with Crippen molar-refractivity contribution in [3.8, 4) is 11.8 Å². The van der Waals surface area contributed by atoms with Crippen molar-refractivity contribution in [1.29, 1.82) is 0 Å². The molecule has 2 heterocycles. The second-order valence-electron chi connectivity index (χ2n) is 5.88. The molecule has 4 heteroatoms. The van der Waals surface area contributed by atoms with Gasteiger partial charge in [0.2, 0.25) is 0 Å². The molecule has 1 saturated carbocycles. The molecule has 0 spiro atoms. The lowest BCUT2D eigenvalue weighted by Gasteiger charge is -2.10. The second kappa shape index (κ2) is 4.60. The van der Waals surface area contributed by atoms with Gasteiger partial charge >= 0.3 is 5.97 Å². The molecule has 2 atom stereocenters. The number of carbonyl (C=O) groups excluding carboxylic acids is 1. The number of esters is 1. The van der Waals surface area contributed by atoms with Crippen molar-refractivity contribution >= 4 is 5.97 Å². The lowest BCUT2D eigenvalue weighted by atomic mass is 10.1. The number of carbonyl (C=O) groups is 1. The maximum Gasteiger partial charge on any atom is 0.356 e. The summed E-state index contributed by atoms with van der Waals surface area (Å²) in [6, 6.07) is 3.62. The number of aryl methyl sites for hydroxylation is 1. The van der Waals surface area contributed by atoms with Crippen LogP contribution in [0.4, 0.5) is 0 Å². The summed E-state index contributed by atoms with van der Waals surface area (Å²) >= 11 is 0. The van der Waals surface area contributed by atoms with Crippen LogP contribution in [0.2, 0.25) is 0 Å². The number of likely N-dealkylation sites (tertiary alicyclic amines) is 1. The number of hydrogen-bond donors (Lipinski definition) is 0. The maximum absolute atomic E-state index is 11.6. The lowest BCUT2D eigenvalue weighted by Crippen LogP contribution is -2.19. The summed E-state index contributed by atoms with van der Waals surface area (Å²) in [5.41, 5.74) is 2.14. The minimum absolute atomic E-state index is 0.192. The van der Waals surface area contributed by atoms with Crippen LogP contribution < -0.4 is 0 Å². The summed E-state index contributed by atoms with van der Waals surface area (Å²) in [4.78, 5) is 18.1. The number of piperidine rings is 1. The number of aromatic nitrogens is 1. The topological polar surface area (TPSA) is 42.4 Å². The third kappa shape index (κ3) is 2.30. The second-order valence-corrected chi connectivity index (χ2v) is 5.88. The van der Waals surface area contributed by atoms with Crippen LogP contribution in [0.3, 0.4) is 0 Å². The first-order valence-electron chi connectivity index (χ1n) is 6.81. The number of fused-ring (bicyclic) bond motifs is 1. The van der Waals surface area contributed by atoms with Gasteiger partial charge in [-0.15, -0.1) is 0 Å². The SMILES string of the molecule is COC(=O)c1cc(C#C[C@@]23C[C@@H]2CN(C)C3)cc(C)n1. The maximum atomic E-state index is 11.6. The monoisotopic (exact) mass is 270 g/mol. The van der Waals surface area contributed by atoms with Crippen molar-refractivity contribution in [2.75, 3.05) is 27.2 Å². The first-order chi connectivity index (χ1) is 9.52. The van der Waals surface area contributed by atoms with Crippen molar-refractivity contribution < 1.29 is 9.53 Å². The van der Waals surface area contributed by atoms with Crippen molar-refractivity contribution in [3.63, 3.8) is 0 Å². The van der Waals surface area contributed by atoms with Crippen molar-refractivity contribution in [3.05, 3.63) is 29.1 Å². The molecule has 20 heavy (non-hydrogen) atoms. The third-order valence-electron chi connectivity index (χ3n) is 4.12. The van der Waals surface area contributed by atoms with E-state index in [9.17, 15) is 4.79 Å². The van der Waals surface area contributed by atoms with Crippen molar-refractivity contribution in [2.24, 2.45) is 11.3 Å².